The summed E-state index contributed by atoms with van der Waals surface area (Å²) in [6.07, 6.45) is 2.17. The maximum absolute atomic E-state index is 11.1. The van der Waals surface area contributed by atoms with Gasteiger partial charge in [-0.2, -0.15) is 0 Å². The van der Waals surface area contributed by atoms with Gasteiger partial charge in [0, 0.05) is 13.0 Å². The molecule has 0 spiro atoms. The van der Waals surface area contributed by atoms with Crippen LogP contribution < -0.4 is 10.4 Å². The Morgan fingerprint density at radius 2 is 2.20 bits per heavy atom. The Bertz CT molecular complexity index is 376. The molecule has 2 rings (SSSR count). The van der Waals surface area contributed by atoms with Gasteiger partial charge in [-0.05, 0) is 31.4 Å². The number of nitrogens with zero attached hydrogens (tertiary/aromatic N) is 1. The lowest BCUT2D eigenvalue weighted by Gasteiger charge is -2.36. The van der Waals surface area contributed by atoms with Crippen molar-refractivity contribution in [2.24, 2.45) is 0 Å². The van der Waals surface area contributed by atoms with Crippen molar-refractivity contribution in [3.63, 3.8) is 0 Å². The quantitative estimate of drug-likeness (QED) is 0.757. The van der Waals surface area contributed by atoms with Crippen LogP contribution >= 0.6 is 0 Å². The number of hydrazine groups is 1. The summed E-state index contributed by atoms with van der Waals surface area (Å²) in [7, 11) is 0. The highest BCUT2D eigenvalue weighted by molar-refractivity contribution is 5.76. The Morgan fingerprint density at radius 3 is 2.93 bits per heavy atom. The average molecular weight is 204 g/mol. The van der Waals surface area contributed by atoms with Crippen molar-refractivity contribution in [3.8, 4) is 0 Å². The SMILES string of the molecule is CC(=O)NN1c2ccccc2CCC1C. The lowest BCUT2D eigenvalue weighted by Crippen LogP contribution is -2.49. The first kappa shape index (κ1) is 10.0. The number of anilines is 1. The highest BCUT2D eigenvalue weighted by atomic mass is 16.2. The van der Waals surface area contributed by atoms with E-state index in [1.54, 1.807) is 6.92 Å². The molecule has 1 atom stereocenters. The zero-order chi connectivity index (χ0) is 10.8. The third kappa shape index (κ3) is 1.96. The molecule has 3 nitrogen and oxygen atoms in total. The lowest BCUT2D eigenvalue weighted by molar-refractivity contribution is -0.119. The van der Waals surface area contributed by atoms with Crippen molar-refractivity contribution in [3.05, 3.63) is 29.8 Å². The number of benzene rings is 1. The fourth-order valence-electron chi connectivity index (χ4n) is 2.03. The van der Waals surface area contributed by atoms with Crippen molar-refractivity contribution in [1.82, 2.24) is 5.43 Å². The van der Waals surface area contributed by atoms with Gasteiger partial charge in [-0.15, -0.1) is 0 Å². The molecular weight excluding hydrogens is 188 g/mol. The van der Waals surface area contributed by atoms with Gasteiger partial charge in [0.05, 0.1) is 5.69 Å². The van der Waals surface area contributed by atoms with Gasteiger partial charge in [0.15, 0.2) is 0 Å². The third-order valence-corrected chi connectivity index (χ3v) is 2.80. The predicted molar refractivity (Wildman–Crippen MR) is 60.5 cm³/mol. The summed E-state index contributed by atoms with van der Waals surface area (Å²) in [5.41, 5.74) is 5.32. The molecule has 0 saturated carbocycles. The van der Waals surface area contributed by atoms with E-state index in [2.05, 4.69) is 24.5 Å². The summed E-state index contributed by atoms with van der Waals surface area (Å²) >= 11 is 0. The molecule has 0 aliphatic carbocycles. The van der Waals surface area contributed by atoms with E-state index in [-0.39, 0.29) is 5.91 Å². The number of carbonyl (C=O) groups is 1. The van der Waals surface area contributed by atoms with E-state index in [0.29, 0.717) is 6.04 Å². The number of amides is 1. The molecule has 1 unspecified atom stereocenters. The highest BCUT2D eigenvalue weighted by Gasteiger charge is 2.22. The summed E-state index contributed by atoms with van der Waals surface area (Å²) in [5, 5.41) is 1.97. The first-order valence-corrected chi connectivity index (χ1v) is 5.33. The van der Waals surface area contributed by atoms with Crippen LogP contribution in [0.5, 0.6) is 0 Å². The van der Waals surface area contributed by atoms with Crippen LogP contribution in [0.15, 0.2) is 24.3 Å². The Balaban J connectivity index is 2.32. The van der Waals surface area contributed by atoms with Crippen molar-refractivity contribution in [1.29, 1.82) is 0 Å². The van der Waals surface area contributed by atoms with Crippen LogP contribution in [-0.4, -0.2) is 11.9 Å². The number of carbonyl (C=O) groups excluding carboxylic acids is 1. The minimum Gasteiger partial charge on any atom is -0.283 e. The first-order chi connectivity index (χ1) is 7.18. The molecule has 15 heavy (non-hydrogen) atoms. The standard InChI is InChI=1S/C12H16N2O/c1-9-7-8-11-5-3-4-6-12(11)14(9)13-10(2)15/h3-6,9H,7-8H2,1-2H3,(H,13,15). The van der Waals surface area contributed by atoms with E-state index in [9.17, 15) is 4.79 Å². The second kappa shape index (κ2) is 3.93. The maximum atomic E-state index is 11.1. The van der Waals surface area contributed by atoms with E-state index in [1.807, 2.05) is 17.1 Å². The van der Waals surface area contributed by atoms with Crippen LogP contribution in [0.2, 0.25) is 0 Å². The molecule has 80 valence electrons. The molecule has 1 aromatic rings. The lowest BCUT2D eigenvalue weighted by atomic mass is 9.98. The van der Waals surface area contributed by atoms with E-state index in [0.717, 1.165) is 18.5 Å². The van der Waals surface area contributed by atoms with E-state index in [4.69, 9.17) is 0 Å². The Labute approximate surface area is 90.1 Å². The summed E-state index contributed by atoms with van der Waals surface area (Å²) < 4.78 is 0. The fourth-order valence-corrected chi connectivity index (χ4v) is 2.03. The van der Waals surface area contributed by atoms with Gasteiger partial charge in [-0.1, -0.05) is 18.2 Å². The third-order valence-electron chi connectivity index (χ3n) is 2.80. The van der Waals surface area contributed by atoms with Crippen LogP contribution in [0.3, 0.4) is 0 Å². The van der Waals surface area contributed by atoms with Gasteiger partial charge in [-0.25, -0.2) is 0 Å². The smallest absolute Gasteiger partial charge is 0.235 e. The van der Waals surface area contributed by atoms with E-state index in [1.165, 1.54) is 5.56 Å². The molecule has 1 aromatic carbocycles. The zero-order valence-electron chi connectivity index (χ0n) is 9.16. The number of nitrogens with one attached hydrogen (secondary N) is 1. The molecular formula is C12H16N2O. The van der Waals surface area contributed by atoms with Crippen LogP contribution in [0.1, 0.15) is 25.8 Å². The summed E-state index contributed by atoms with van der Waals surface area (Å²) in [6.45, 7) is 3.68. The van der Waals surface area contributed by atoms with Crippen LogP contribution in [0.4, 0.5) is 5.69 Å². The molecule has 0 radical (unpaired) electrons. The Hall–Kier alpha value is -1.51. The molecule has 1 amide bonds. The Morgan fingerprint density at radius 1 is 1.47 bits per heavy atom. The minimum absolute atomic E-state index is 0.0152. The number of para-hydroxylation sites is 1. The van der Waals surface area contributed by atoms with Crippen LogP contribution in [0, 0.1) is 0 Å². The fraction of sp³-hybridized carbons (Fsp3) is 0.417. The van der Waals surface area contributed by atoms with Crippen molar-refractivity contribution in [2.45, 2.75) is 32.7 Å². The Kier molecular flexibility index (Phi) is 2.62. The van der Waals surface area contributed by atoms with E-state index < -0.39 is 0 Å². The van der Waals surface area contributed by atoms with Crippen molar-refractivity contribution in [2.75, 3.05) is 5.01 Å². The number of fused-ring (bicyclic) bond motifs is 1. The highest BCUT2D eigenvalue weighted by Crippen LogP contribution is 2.28. The number of aryl methyl sites for hydroxylation is 1. The number of hydrogen-bond donors (Lipinski definition) is 1. The number of rotatable bonds is 1. The summed E-state index contributed by atoms with van der Waals surface area (Å²) in [6, 6.07) is 8.59. The van der Waals surface area contributed by atoms with Gasteiger partial charge in [0.1, 0.15) is 0 Å². The molecule has 1 N–H and O–H groups in total. The molecule has 0 aromatic heterocycles. The second-order valence-electron chi connectivity index (χ2n) is 4.05. The molecule has 1 heterocycles. The topological polar surface area (TPSA) is 32.3 Å². The van der Waals surface area contributed by atoms with Crippen molar-refractivity contribution < 1.29 is 4.79 Å². The first-order valence-electron chi connectivity index (χ1n) is 5.33. The molecule has 0 fully saturated rings. The molecule has 0 saturated heterocycles. The minimum atomic E-state index is -0.0152. The normalized spacial score (nSPS) is 19.6. The van der Waals surface area contributed by atoms with E-state index >= 15 is 0 Å². The number of hydrogen-bond acceptors (Lipinski definition) is 2. The van der Waals surface area contributed by atoms with Crippen molar-refractivity contribution >= 4 is 11.6 Å². The molecule has 1 aliphatic rings. The zero-order valence-corrected chi connectivity index (χ0v) is 9.16. The molecule has 3 heteroatoms. The largest absolute Gasteiger partial charge is 0.283 e. The molecule has 1 aliphatic heterocycles. The molecule has 0 bridgehead atoms. The van der Waals surface area contributed by atoms with Gasteiger partial charge in [0.25, 0.3) is 0 Å². The van der Waals surface area contributed by atoms with Crippen LogP contribution in [-0.2, 0) is 11.2 Å². The second-order valence-corrected chi connectivity index (χ2v) is 4.05. The average Bonchev–Trinajstić information content (AvgIpc) is 2.22. The summed E-state index contributed by atoms with van der Waals surface area (Å²) in [4.78, 5) is 11.1. The van der Waals surface area contributed by atoms with Gasteiger partial charge >= 0.3 is 0 Å². The van der Waals surface area contributed by atoms with Gasteiger partial charge in [-0.3, -0.25) is 15.2 Å². The van der Waals surface area contributed by atoms with Gasteiger partial charge < -0.3 is 0 Å². The van der Waals surface area contributed by atoms with Gasteiger partial charge in [0.2, 0.25) is 5.91 Å². The van der Waals surface area contributed by atoms with Crippen LogP contribution in [0.25, 0.3) is 0 Å². The maximum Gasteiger partial charge on any atom is 0.235 e. The summed E-state index contributed by atoms with van der Waals surface area (Å²) in [5.74, 6) is -0.0152. The predicted octanol–water partition coefficient (Wildman–Crippen LogP) is 1.88. The monoisotopic (exact) mass is 204 g/mol.